The van der Waals surface area contributed by atoms with E-state index >= 15 is 0 Å². The van der Waals surface area contributed by atoms with Gasteiger partial charge in [-0.15, -0.1) is 11.3 Å². The van der Waals surface area contributed by atoms with Crippen LogP contribution >= 0.6 is 11.3 Å². The third kappa shape index (κ3) is 4.35. The molecule has 0 unspecified atom stereocenters. The van der Waals surface area contributed by atoms with E-state index in [0.717, 1.165) is 26.8 Å². The summed E-state index contributed by atoms with van der Waals surface area (Å²) >= 11 is 1.56. The van der Waals surface area contributed by atoms with Gasteiger partial charge >= 0.3 is 0 Å². The summed E-state index contributed by atoms with van der Waals surface area (Å²) in [6, 6.07) is 14.8. The Balaban J connectivity index is 1.41. The Morgan fingerprint density at radius 3 is 2.91 bits per heavy atom. The molecule has 2 amide bonds. The predicted molar refractivity (Wildman–Crippen MR) is 124 cm³/mol. The Morgan fingerprint density at radius 1 is 1.21 bits per heavy atom. The summed E-state index contributed by atoms with van der Waals surface area (Å²) in [5.41, 5.74) is 3.00. The van der Waals surface area contributed by atoms with Gasteiger partial charge in [0.15, 0.2) is 6.61 Å². The van der Waals surface area contributed by atoms with E-state index in [1.165, 1.54) is 4.90 Å². The van der Waals surface area contributed by atoms with Crippen LogP contribution in [-0.2, 0) is 16.1 Å². The Labute approximate surface area is 193 Å². The van der Waals surface area contributed by atoms with Crippen LogP contribution in [0.3, 0.4) is 0 Å². The summed E-state index contributed by atoms with van der Waals surface area (Å²) in [6.07, 6.45) is 3.28. The number of aryl methyl sites for hydroxylation is 1. The minimum absolute atomic E-state index is 0.114. The smallest absolute Gasteiger partial charge is 0.265 e. The first-order chi connectivity index (χ1) is 16.1. The molecular weight excluding hydrogens is 440 g/mol. The molecule has 0 saturated carbocycles. The van der Waals surface area contributed by atoms with Crippen LogP contribution < -0.4 is 15.0 Å². The van der Waals surface area contributed by atoms with Crippen molar-refractivity contribution in [3.8, 4) is 27.7 Å². The number of ether oxygens (including phenoxy) is 1. The van der Waals surface area contributed by atoms with Crippen LogP contribution in [0.2, 0.25) is 0 Å². The number of aromatic nitrogens is 2. The van der Waals surface area contributed by atoms with E-state index in [9.17, 15) is 9.59 Å². The van der Waals surface area contributed by atoms with Crippen molar-refractivity contribution in [3.05, 3.63) is 71.6 Å². The SMILES string of the molecule is Cc1sc(-c2ccccn2)nc1-c1ccc2c(c1)N(CC(=O)NCc1ccco1)C(=O)CO2. The van der Waals surface area contributed by atoms with Crippen LogP contribution in [0.4, 0.5) is 5.69 Å². The van der Waals surface area contributed by atoms with Crippen molar-refractivity contribution in [1.82, 2.24) is 15.3 Å². The van der Waals surface area contributed by atoms with Crippen molar-refractivity contribution in [1.29, 1.82) is 0 Å². The van der Waals surface area contributed by atoms with Crippen LogP contribution in [-0.4, -0.2) is 34.9 Å². The monoisotopic (exact) mass is 460 g/mol. The number of furan rings is 1. The van der Waals surface area contributed by atoms with Gasteiger partial charge in [-0.1, -0.05) is 6.07 Å². The number of carbonyl (C=O) groups is 2. The maximum atomic E-state index is 12.6. The molecule has 0 bridgehead atoms. The van der Waals surface area contributed by atoms with Gasteiger partial charge in [0.1, 0.15) is 23.1 Å². The average molecular weight is 461 g/mol. The molecule has 0 saturated heterocycles. The number of fused-ring (bicyclic) bond motifs is 1. The number of carbonyl (C=O) groups excluding carboxylic acids is 2. The van der Waals surface area contributed by atoms with Crippen molar-refractivity contribution in [2.24, 2.45) is 0 Å². The van der Waals surface area contributed by atoms with Crippen LogP contribution in [0.1, 0.15) is 10.6 Å². The van der Waals surface area contributed by atoms with Crippen LogP contribution in [0.15, 0.2) is 65.4 Å². The Morgan fingerprint density at radius 2 is 2.12 bits per heavy atom. The number of thiazole rings is 1. The first kappa shape index (κ1) is 20.9. The molecule has 0 spiro atoms. The lowest BCUT2D eigenvalue weighted by atomic mass is 10.1. The Kier molecular flexibility index (Phi) is 5.62. The highest BCUT2D eigenvalue weighted by molar-refractivity contribution is 7.15. The molecule has 33 heavy (non-hydrogen) atoms. The van der Waals surface area contributed by atoms with E-state index in [1.807, 2.05) is 43.3 Å². The zero-order chi connectivity index (χ0) is 22.8. The summed E-state index contributed by atoms with van der Waals surface area (Å²) in [5, 5.41) is 3.60. The minimum atomic E-state index is -0.291. The van der Waals surface area contributed by atoms with Crippen molar-refractivity contribution in [2.45, 2.75) is 13.5 Å². The number of pyridine rings is 1. The first-order valence-electron chi connectivity index (χ1n) is 10.3. The molecule has 1 aliphatic rings. The number of amides is 2. The molecule has 9 heteroatoms. The number of benzene rings is 1. The van der Waals surface area contributed by atoms with Crippen LogP contribution in [0.5, 0.6) is 5.75 Å². The largest absolute Gasteiger partial charge is 0.482 e. The number of nitrogens with zero attached hydrogens (tertiary/aromatic N) is 3. The second-order valence-corrected chi connectivity index (χ2v) is 8.65. The van der Waals surface area contributed by atoms with E-state index in [1.54, 1.807) is 35.9 Å². The fourth-order valence-corrected chi connectivity index (χ4v) is 4.50. The van der Waals surface area contributed by atoms with Crippen molar-refractivity contribution in [2.75, 3.05) is 18.1 Å². The lowest BCUT2D eigenvalue weighted by Gasteiger charge is -2.29. The lowest BCUT2D eigenvalue weighted by Crippen LogP contribution is -2.45. The van der Waals surface area contributed by atoms with E-state index in [-0.39, 0.29) is 31.5 Å². The van der Waals surface area contributed by atoms with E-state index in [4.69, 9.17) is 14.1 Å². The molecule has 0 fully saturated rings. The third-order valence-electron chi connectivity index (χ3n) is 5.20. The fraction of sp³-hybridized carbons (Fsp3) is 0.167. The highest BCUT2D eigenvalue weighted by Gasteiger charge is 2.28. The van der Waals surface area contributed by atoms with Gasteiger partial charge in [-0.05, 0) is 49.4 Å². The molecule has 166 valence electrons. The summed E-state index contributed by atoms with van der Waals surface area (Å²) in [4.78, 5) is 36.8. The summed E-state index contributed by atoms with van der Waals surface area (Å²) in [6.45, 7) is 2.03. The molecular formula is C24H20N4O4S. The second-order valence-electron chi connectivity index (χ2n) is 7.45. The highest BCUT2D eigenvalue weighted by atomic mass is 32.1. The highest BCUT2D eigenvalue weighted by Crippen LogP contribution is 2.38. The molecule has 0 radical (unpaired) electrons. The normalized spacial score (nSPS) is 12.9. The van der Waals surface area contributed by atoms with Crippen molar-refractivity contribution < 1.29 is 18.7 Å². The van der Waals surface area contributed by atoms with Gasteiger partial charge < -0.3 is 14.5 Å². The number of nitrogens with one attached hydrogen (secondary N) is 1. The van der Waals surface area contributed by atoms with Gasteiger partial charge in [0, 0.05) is 16.6 Å². The summed E-state index contributed by atoms with van der Waals surface area (Å²) in [7, 11) is 0. The van der Waals surface area contributed by atoms with E-state index in [0.29, 0.717) is 17.2 Å². The van der Waals surface area contributed by atoms with Gasteiger partial charge in [-0.2, -0.15) is 0 Å². The zero-order valence-corrected chi connectivity index (χ0v) is 18.6. The number of anilines is 1. The molecule has 3 aromatic heterocycles. The maximum absolute atomic E-state index is 12.6. The molecule has 8 nitrogen and oxygen atoms in total. The molecule has 4 aromatic rings. The maximum Gasteiger partial charge on any atom is 0.265 e. The van der Waals surface area contributed by atoms with Crippen LogP contribution in [0.25, 0.3) is 22.0 Å². The number of rotatable bonds is 6. The van der Waals surface area contributed by atoms with Gasteiger partial charge in [-0.25, -0.2) is 4.98 Å². The molecule has 5 rings (SSSR count). The molecule has 1 aromatic carbocycles. The second kappa shape index (κ2) is 8.87. The number of hydrogen-bond donors (Lipinski definition) is 1. The topological polar surface area (TPSA) is 97.6 Å². The Hall–Kier alpha value is -3.98. The minimum Gasteiger partial charge on any atom is -0.482 e. The third-order valence-corrected chi connectivity index (χ3v) is 6.19. The standard InChI is InChI=1S/C24H20N4O4S/c1-15-23(27-24(33-15)18-6-2-3-9-25-18)16-7-8-20-19(11-16)28(22(30)14-32-20)13-21(29)26-12-17-5-4-10-31-17/h2-11H,12-14H2,1H3,(H,26,29). The molecule has 0 atom stereocenters. The Bertz CT molecular complexity index is 1300. The van der Waals surface area contributed by atoms with Gasteiger partial charge in [0.05, 0.1) is 29.9 Å². The first-order valence-corrected chi connectivity index (χ1v) is 11.2. The molecule has 1 N–H and O–H groups in total. The van der Waals surface area contributed by atoms with Gasteiger partial charge in [-0.3, -0.25) is 19.5 Å². The summed E-state index contributed by atoms with van der Waals surface area (Å²) < 4.78 is 10.8. The molecule has 0 aliphatic carbocycles. The lowest BCUT2D eigenvalue weighted by molar-refractivity contribution is -0.125. The number of hydrogen-bond acceptors (Lipinski definition) is 7. The predicted octanol–water partition coefficient (Wildman–Crippen LogP) is 3.82. The fourth-order valence-electron chi connectivity index (χ4n) is 3.58. The van der Waals surface area contributed by atoms with E-state index in [2.05, 4.69) is 10.3 Å². The zero-order valence-electron chi connectivity index (χ0n) is 17.8. The van der Waals surface area contributed by atoms with Gasteiger partial charge in [0.2, 0.25) is 5.91 Å². The van der Waals surface area contributed by atoms with E-state index < -0.39 is 0 Å². The van der Waals surface area contributed by atoms with Crippen molar-refractivity contribution >= 4 is 28.8 Å². The average Bonchev–Trinajstić information content (AvgIpc) is 3.50. The molecule has 1 aliphatic heterocycles. The summed E-state index contributed by atoms with van der Waals surface area (Å²) in [5.74, 6) is 0.620. The van der Waals surface area contributed by atoms with Gasteiger partial charge in [0.25, 0.3) is 5.91 Å². The van der Waals surface area contributed by atoms with Crippen molar-refractivity contribution in [3.63, 3.8) is 0 Å². The molecule has 4 heterocycles. The van der Waals surface area contributed by atoms with Crippen LogP contribution in [0, 0.1) is 6.92 Å². The quantitative estimate of drug-likeness (QED) is 0.470.